The number of halogens is 1. The summed E-state index contributed by atoms with van der Waals surface area (Å²) in [6.45, 7) is 1.56. The number of carbonyl (C=O) groups excluding carboxylic acids is 1. The van der Waals surface area contributed by atoms with Gasteiger partial charge in [-0.15, -0.1) is 11.6 Å². The summed E-state index contributed by atoms with van der Waals surface area (Å²) in [6, 6.07) is 4.44. The van der Waals surface area contributed by atoms with Crippen LogP contribution >= 0.6 is 11.6 Å². The maximum Gasteiger partial charge on any atom is 0.249 e. The van der Waals surface area contributed by atoms with Crippen LogP contribution in [0.5, 0.6) is 0 Å². The van der Waals surface area contributed by atoms with Crippen molar-refractivity contribution >= 4 is 27.3 Å². The van der Waals surface area contributed by atoms with Crippen molar-refractivity contribution in [3.63, 3.8) is 0 Å². The fourth-order valence-electron chi connectivity index (χ4n) is 1.43. The second kappa shape index (κ2) is 4.84. The average molecular weight is 262 g/mol. The molecular weight excluding hydrogens is 250 g/mol. The summed E-state index contributed by atoms with van der Waals surface area (Å²) < 4.78 is 23.6. The lowest BCUT2D eigenvalue weighted by atomic mass is 10.1. The number of carbonyl (C=O) groups is 1. The molecule has 1 rings (SSSR count). The van der Waals surface area contributed by atoms with E-state index in [1.54, 1.807) is 6.92 Å². The zero-order valence-electron chi connectivity index (χ0n) is 8.73. The van der Waals surface area contributed by atoms with E-state index in [1.165, 1.54) is 18.2 Å². The third kappa shape index (κ3) is 2.54. The van der Waals surface area contributed by atoms with Crippen LogP contribution < -0.4 is 5.73 Å². The number of nitrogens with two attached hydrogens (primary N) is 1. The van der Waals surface area contributed by atoms with E-state index in [1.807, 2.05) is 0 Å². The van der Waals surface area contributed by atoms with E-state index in [2.05, 4.69) is 0 Å². The minimum atomic E-state index is -3.44. The molecule has 88 valence electrons. The van der Waals surface area contributed by atoms with Crippen molar-refractivity contribution in [2.45, 2.75) is 11.8 Å². The van der Waals surface area contributed by atoms with Crippen LogP contribution in [-0.4, -0.2) is 26.0 Å². The largest absolute Gasteiger partial charge is 0.366 e. The van der Waals surface area contributed by atoms with Crippen LogP contribution in [0.2, 0.25) is 0 Å². The molecule has 0 radical (unpaired) electrons. The van der Waals surface area contributed by atoms with Gasteiger partial charge in [0, 0.05) is 11.4 Å². The predicted octanol–water partition coefficient (Wildman–Crippen LogP) is 1.11. The van der Waals surface area contributed by atoms with Crippen molar-refractivity contribution in [3.05, 3.63) is 29.3 Å². The summed E-state index contributed by atoms with van der Waals surface area (Å²) in [4.78, 5) is 11.2. The SMILES string of the molecule is Cc1c(C(N)=O)cccc1S(=O)(=O)CCCl. The molecule has 16 heavy (non-hydrogen) atoms. The molecule has 0 spiro atoms. The maximum absolute atomic E-state index is 11.8. The topological polar surface area (TPSA) is 77.2 Å². The highest BCUT2D eigenvalue weighted by molar-refractivity contribution is 7.91. The second-order valence-corrected chi connectivity index (χ2v) is 5.76. The first-order chi connectivity index (χ1) is 7.40. The number of hydrogen-bond donors (Lipinski definition) is 1. The summed E-state index contributed by atoms with van der Waals surface area (Å²) in [5.41, 5.74) is 5.73. The van der Waals surface area contributed by atoms with E-state index in [9.17, 15) is 13.2 Å². The molecule has 0 aliphatic carbocycles. The van der Waals surface area contributed by atoms with Crippen molar-refractivity contribution in [1.29, 1.82) is 0 Å². The fraction of sp³-hybridized carbons (Fsp3) is 0.300. The highest BCUT2D eigenvalue weighted by Gasteiger charge is 2.19. The molecule has 0 saturated heterocycles. The van der Waals surface area contributed by atoms with Gasteiger partial charge in [-0.05, 0) is 24.6 Å². The Morgan fingerprint density at radius 2 is 2.06 bits per heavy atom. The molecule has 0 atom stereocenters. The molecular formula is C10H12ClNO3S. The molecule has 4 nitrogen and oxygen atoms in total. The van der Waals surface area contributed by atoms with Crippen molar-refractivity contribution in [2.24, 2.45) is 5.73 Å². The van der Waals surface area contributed by atoms with Crippen LogP contribution in [0.15, 0.2) is 23.1 Å². The number of amides is 1. The number of sulfone groups is 1. The number of benzene rings is 1. The Hall–Kier alpha value is -1.07. The van der Waals surface area contributed by atoms with Crippen LogP contribution in [-0.2, 0) is 9.84 Å². The third-order valence-corrected chi connectivity index (χ3v) is 4.50. The van der Waals surface area contributed by atoms with Gasteiger partial charge in [-0.2, -0.15) is 0 Å². The Kier molecular flexibility index (Phi) is 3.93. The first-order valence-electron chi connectivity index (χ1n) is 4.58. The van der Waals surface area contributed by atoms with Crippen molar-refractivity contribution in [1.82, 2.24) is 0 Å². The smallest absolute Gasteiger partial charge is 0.249 e. The van der Waals surface area contributed by atoms with Crippen molar-refractivity contribution < 1.29 is 13.2 Å². The molecule has 0 bridgehead atoms. The second-order valence-electron chi connectivity index (χ2n) is 3.30. The lowest BCUT2D eigenvalue weighted by Crippen LogP contribution is -2.16. The van der Waals surface area contributed by atoms with Crippen molar-refractivity contribution in [2.75, 3.05) is 11.6 Å². The normalized spacial score (nSPS) is 11.4. The number of primary amides is 1. The van der Waals surface area contributed by atoms with E-state index < -0.39 is 15.7 Å². The highest BCUT2D eigenvalue weighted by Crippen LogP contribution is 2.20. The first kappa shape index (κ1) is 13.0. The molecule has 0 fully saturated rings. The Morgan fingerprint density at radius 3 is 2.56 bits per heavy atom. The predicted molar refractivity (Wildman–Crippen MR) is 62.5 cm³/mol. The minimum absolute atomic E-state index is 0.0164. The van der Waals surface area contributed by atoms with Crippen LogP contribution in [0.1, 0.15) is 15.9 Å². The molecule has 6 heteroatoms. The third-order valence-electron chi connectivity index (χ3n) is 2.23. The quantitative estimate of drug-likeness (QED) is 0.825. The van der Waals surface area contributed by atoms with Gasteiger partial charge in [-0.3, -0.25) is 4.79 Å². The van der Waals surface area contributed by atoms with Crippen molar-refractivity contribution in [3.8, 4) is 0 Å². The minimum Gasteiger partial charge on any atom is -0.366 e. The van der Waals surface area contributed by atoms with Gasteiger partial charge in [0.1, 0.15) is 0 Å². The molecule has 1 aromatic rings. The maximum atomic E-state index is 11.8. The van der Waals surface area contributed by atoms with E-state index in [4.69, 9.17) is 17.3 Å². The van der Waals surface area contributed by atoms with E-state index >= 15 is 0 Å². The van der Waals surface area contributed by atoms with Gasteiger partial charge in [0.2, 0.25) is 5.91 Å². The Labute approximate surface area is 99.3 Å². The van der Waals surface area contributed by atoms with Crippen LogP contribution in [0.25, 0.3) is 0 Å². The highest BCUT2D eigenvalue weighted by atomic mass is 35.5. The van der Waals surface area contributed by atoms with E-state index in [0.717, 1.165) is 0 Å². The molecule has 0 heterocycles. The van der Waals surface area contributed by atoms with Crippen LogP contribution in [0.3, 0.4) is 0 Å². The molecule has 0 aliphatic heterocycles. The number of alkyl halides is 1. The Morgan fingerprint density at radius 1 is 1.44 bits per heavy atom. The van der Waals surface area contributed by atoms with Gasteiger partial charge in [0.15, 0.2) is 9.84 Å². The summed E-state index contributed by atoms with van der Waals surface area (Å²) in [5, 5.41) is 0. The standard InChI is InChI=1S/C10H12ClNO3S/c1-7-8(10(12)13)3-2-4-9(7)16(14,15)6-5-11/h2-4H,5-6H2,1H3,(H2,12,13). The zero-order valence-corrected chi connectivity index (χ0v) is 10.3. The fourth-order valence-corrected chi connectivity index (χ4v) is 3.32. The van der Waals surface area contributed by atoms with E-state index in [0.29, 0.717) is 5.56 Å². The molecule has 0 aliphatic rings. The summed E-state index contributed by atoms with van der Waals surface area (Å²) in [5.74, 6) is -0.777. The molecule has 0 aromatic heterocycles. The lowest BCUT2D eigenvalue weighted by Gasteiger charge is -2.08. The number of rotatable bonds is 4. The molecule has 0 unspecified atom stereocenters. The van der Waals surface area contributed by atoms with Gasteiger partial charge in [0.05, 0.1) is 10.6 Å². The van der Waals surface area contributed by atoms with Gasteiger partial charge in [-0.1, -0.05) is 6.07 Å². The number of hydrogen-bond acceptors (Lipinski definition) is 3. The average Bonchev–Trinajstić information content (AvgIpc) is 2.17. The van der Waals surface area contributed by atoms with Gasteiger partial charge >= 0.3 is 0 Å². The van der Waals surface area contributed by atoms with Gasteiger partial charge in [0.25, 0.3) is 0 Å². The van der Waals surface area contributed by atoms with Gasteiger partial charge in [-0.25, -0.2) is 8.42 Å². The summed E-state index contributed by atoms with van der Waals surface area (Å²) in [7, 11) is -3.44. The van der Waals surface area contributed by atoms with E-state index in [-0.39, 0.29) is 22.1 Å². The molecule has 1 aromatic carbocycles. The van der Waals surface area contributed by atoms with Gasteiger partial charge < -0.3 is 5.73 Å². The van der Waals surface area contributed by atoms with Crippen LogP contribution in [0, 0.1) is 6.92 Å². The molecule has 1 amide bonds. The molecule has 0 saturated carbocycles. The monoisotopic (exact) mass is 261 g/mol. The first-order valence-corrected chi connectivity index (χ1v) is 6.77. The zero-order chi connectivity index (χ0) is 12.3. The summed E-state index contributed by atoms with van der Waals surface area (Å²) in [6.07, 6.45) is 0. The summed E-state index contributed by atoms with van der Waals surface area (Å²) >= 11 is 5.42. The lowest BCUT2D eigenvalue weighted by molar-refractivity contribution is 0.0999. The Balaban J connectivity index is 3.37. The Bertz CT molecular complexity index is 511. The molecule has 2 N–H and O–H groups in total. The van der Waals surface area contributed by atoms with Crippen LogP contribution in [0.4, 0.5) is 0 Å².